The molecule has 2 aliphatic heterocycles. The van der Waals surface area contributed by atoms with Gasteiger partial charge in [-0.15, -0.1) is 0 Å². The fourth-order valence-electron chi connectivity index (χ4n) is 3.89. The van der Waals surface area contributed by atoms with Crippen molar-refractivity contribution in [1.29, 1.82) is 0 Å². The molecule has 0 saturated carbocycles. The lowest BCUT2D eigenvalue weighted by molar-refractivity contribution is -0.136. The minimum Gasteiger partial charge on any atom is -0.385 e. The van der Waals surface area contributed by atoms with Crippen LogP contribution >= 0.6 is 0 Å². The smallest absolute Gasteiger partial charge is 0.224 e. The molecule has 1 atom stereocenters. The van der Waals surface area contributed by atoms with Gasteiger partial charge in [-0.25, -0.2) is 8.42 Å². The molecule has 1 amide bonds. The number of amides is 1. The van der Waals surface area contributed by atoms with Crippen LogP contribution in [0.1, 0.15) is 24.8 Å². The molecule has 2 heterocycles. The minimum absolute atomic E-state index is 0.00554. The Morgan fingerprint density at radius 3 is 2.70 bits per heavy atom. The van der Waals surface area contributed by atoms with E-state index in [4.69, 9.17) is 9.47 Å². The SMILES string of the molecule is COCCCN1C(=O)CCN(S(=O)(=O)Cc2ccccc2)CC12CCOC2. The van der Waals surface area contributed by atoms with Crippen LogP contribution in [0.2, 0.25) is 0 Å². The lowest BCUT2D eigenvalue weighted by Gasteiger charge is -2.40. The summed E-state index contributed by atoms with van der Waals surface area (Å²) in [5.74, 6) is -0.0585. The van der Waals surface area contributed by atoms with Crippen LogP contribution in [-0.4, -0.2) is 75.6 Å². The molecule has 2 fully saturated rings. The van der Waals surface area contributed by atoms with Gasteiger partial charge in [-0.2, -0.15) is 4.31 Å². The van der Waals surface area contributed by atoms with Gasteiger partial charge in [-0.05, 0) is 18.4 Å². The molecule has 2 saturated heterocycles. The van der Waals surface area contributed by atoms with Gasteiger partial charge >= 0.3 is 0 Å². The first kappa shape index (κ1) is 20.3. The second-order valence-corrected chi connectivity index (χ2v) is 9.21. The predicted molar refractivity (Wildman–Crippen MR) is 102 cm³/mol. The van der Waals surface area contributed by atoms with Crippen molar-refractivity contribution >= 4 is 15.9 Å². The van der Waals surface area contributed by atoms with Crippen molar-refractivity contribution < 1.29 is 22.7 Å². The fraction of sp³-hybridized carbons (Fsp3) is 0.632. The van der Waals surface area contributed by atoms with Crippen LogP contribution in [0.5, 0.6) is 0 Å². The molecule has 1 spiro atoms. The van der Waals surface area contributed by atoms with Crippen LogP contribution in [0.15, 0.2) is 30.3 Å². The largest absolute Gasteiger partial charge is 0.385 e. The zero-order valence-electron chi connectivity index (χ0n) is 15.8. The summed E-state index contributed by atoms with van der Waals surface area (Å²) < 4.78 is 38.3. The number of hydrogen-bond donors (Lipinski definition) is 0. The molecule has 1 aromatic rings. The molecule has 0 N–H and O–H groups in total. The number of carbonyl (C=O) groups is 1. The van der Waals surface area contributed by atoms with Gasteiger partial charge in [0.15, 0.2) is 0 Å². The maximum Gasteiger partial charge on any atom is 0.224 e. The predicted octanol–water partition coefficient (Wildman–Crippen LogP) is 1.25. The highest BCUT2D eigenvalue weighted by Crippen LogP contribution is 2.32. The Kier molecular flexibility index (Phi) is 6.52. The molecular formula is C19H28N2O5S. The Labute approximate surface area is 161 Å². The van der Waals surface area contributed by atoms with E-state index in [0.717, 1.165) is 12.0 Å². The Morgan fingerprint density at radius 1 is 1.26 bits per heavy atom. The first-order valence-corrected chi connectivity index (χ1v) is 11.0. The number of rotatable bonds is 7. The maximum absolute atomic E-state index is 13.1. The molecule has 1 unspecified atom stereocenters. The van der Waals surface area contributed by atoms with E-state index in [-0.39, 0.29) is 24.6 Å². The highest BCUT2D eigenvalue weighted by atomic mass is 32.2. The van der Waals surface area contributed by atoms with Crippen molar-refractivity contribution in [2.24, 2.45) is 0 Å². The third kappa shape index (κ3) is 4.68. The number of hydrogen-bond acceptors (Lipinski definition) is 5. The lowest BCUT2D eigenvalue weighted by atomic mass is 9.96. The van der Waals surface area contributed by atoms with Gasteiger partial charge in [0.1, 0.15) is 0 Å². The Hall–Kier alpha value is -1.48. The van der Waals surface area contributed by atoms with E-state index in [1.165, 1.54) is 4.31 Å². The van der Waals surface area contributed by atoms with Gasteiger partial charge in [-0.3, -0.25) is 4.79 Å². The number of methoxy groups -OCH3 is 1. The summed E-state index contributed by atoms with van der Waals surface area (Å²) in [5, 5.41) is 0. The second kappa shape index (κ2) is 8.68. The Bertz CT molecular complexity index is 732. The van der Waals surface area contributed by atoms with E-state index >= 15 is 0 Å². The van der Waals surface area contributed by atoms with Crippen LogP contribution < -0.4 is 0 Å². The van der Waals surface area contributed by atoms with Gasteiger partial charge in [0.25, 0.3) is 0 Å². The van der Waals surface area contributed by atoms with Crippen molar-refractivity contribution in [2.45, 2.75) is 30.6 Å². The molecule has 150 valence electrons. The number of ether oxygens (including phenoxy) is 2. The lowest BCUT2D eigenvalue weighted by Crippen LogP contribution is -2.57. The number of benzene rings is 1. The van der Waals surface area contributed by atoms with Gasteiger partial charge in [0.2, 0.25) is 15.9 Å². The number of carbonyl (C=O) groups excluding carboxylic acids is 1. The van der Waals surface area contributed by atoms with E-state index < -0.39 is 15.6 Å². The van der Waals surface area contributed by atoms with Crippen molar-refractivity contribution in [3.63, 3.8) is 0 Å². The summed E-state index contributed by atoms with van der Waals surface area (Å²) in [6.45, 7) is 2.56. The van der Waals surface area contributed by atoms with Crippen LogP contribution in [0.4, 0.5) is 0 Å². The molecule has 2 aliphatic rings. The van der Waals surface area contributed by atoms with E-state index in [1.807, 2.05) is 35.2 Å². The zero-order chi connectivity index (χ0) is 19.3. The Balaban J connectivity index is 1.81. The third-order valence-electron chi connectivity index (χ3n) is 5.32. The molecule has 27 heavy (non-hydrogen) atoms. The van der Waals surface area contributed by atoms with Gasteiger partial charge < -0.3 is 14.4 Å². The molecule has 8 heteroatoms. The summed E-state index contributed by atoms with van der Waals surface area (Å²) in [5.41, 5.74) is 0.173. The first-order chi connectivity index (χ1) is 13.0. The average molecular weight is 397 g/mol. The minimum atomic E-state index is -3.52. The van der Waals surface area contributed by atoms with Gasteiger partial charge in [-0.1, -0.05) is 30.3 Å². The highest BCUT2D eigenvalue weighted by molar-refractivity contribution is 7.88. The fourth-order valence-corrected chi connectivity index (χ4v) is 5.49. The molecule has 0 aromatic heterocycles. The standard InChI is InChI=1S/C19H28N2O5S/c1-25-12-5-10-21-18(22)8-11-20(15-19(21)9-13-26-16-19)27(23,24)14-17-6-3-2-4-7-17/h2-4,6-7H,5,8-16H2,1H3. The molecule has 1 aromatic carbocycles. The van der Waals surface area contributed by atoms with Crippen molar-refractivity contribution in [3.8, 4) is 0 Å². The summed E-state index contributed by atoms with van der Waals surface area (Å²) in [6, 6.07) is 9.16. The zero-order valence-corrected chi connectivity index (χ0v) is 16.6. The average Bonchev–Trinajstić information content (AvgIpc) is 3.06. The Morgan fingerprint density at radius 2 is 2.04 bits per heavy atom. The third-order valence-corrected chi connectivity index (χ3v) is 7.11. The van der Waals surface area contributed by atoms with Gasteiger partial charge in [0.05, 0.1) is 17.9 Å². The van der Waals surface area contributed by atoms with Crippen molar-refractivity contribution in [3.05, 3.63) is 35.9 Å². The van der Waals surface area contributed by atoms with E-state index in [9.17, 15) is 13.2 Å². The van der Waals surface area contributed by atoms with Crippen LogP contribution in [-0.2, 0) is 30.0 Å². The van der Waals surface area contributed by atoms with E-state index in [2.05, 4.69) is 0 Å². The molecule has 0 radical (unpaired) electrons. The van der Waals surface area contributed by atoms with E-state index in [1.54, 1.807) is 7.11 Å². The molecule has 7 nitrogen and oxygen atoms in total. The summed E-state index contributed by atoms with van der Waals surface area (Å²) >= 11 is 0. The van der Waals surface area contributed by atoms with Crippen LogP contribution in [0, 0.1) is 0 Å². The summed E-state index contributed by atoms with van der Waals surface area (Å²) in [7, 11) is -1.89. The second-order valence-electron chi connectivity index (χ2n) is 7.24. The topological polar surface area (TPSA) is 76.2 Å². The first-order valence-electron chi connectivity index (χ1n) is 9.36. The van der Waals surface area contributed by atoms with Gasteiger partial charge in [0, 0.05) is 46.4 Å². The summed E-state index contributed by atoms with van der Waals surface area (Å²) in [6.07, 6.45) is 1.58. The van der Waals surface area contributed by atoms with E-state index in [0.29, 0.717) is 39.3 Å². The molecule has 0 aliphatic carbocycles. The quantitative estimate of drug-likeness (QED) is 0.649. The molecule has 0 bridgehead atoms. The van der Waals surface area contributed by atoms with Crippen LogP contribution in [0.25, 0.3) is 0 Å². The summed E-state index contributed by atoms with van der Waals surface area (Å²) in [4.78, 5) is 14.7. The van der Waals surface area contributed by atoms with Crippen LogP contribution in [0.3, 0.4) is 0 Å². The van der Waals surface area contributed by atoms with Crippen molar-refractivity contribution in [1.82, 2.24) is 9.21 Å². The normalized spacial score (nSPS) is 24.5. The number of nitrogens with zero attached hydrogens (tertiary/aromatic N) is 2. The monoisotopic (exact) mass is 396 g/mol. The maximum atomic E-state index is 13.1. The molecule has 3 rings (SSSR count). The molecular weight excluding hydrogens is 368 g/mol. The highest BCUT2D eigenvalue weighted by Gasteiger charge is 2.47. The number of sulfonamides is 1. The van der Waals surface area contributed by atoms with Crippen molar-refractivity contribution in [2.75, 3.05) is 46.6 Å².